The van der Waals surface area contributed by atoms with Crippen molar-refractivity contribution in [3.63, 3.8) is 0 Å². The van der Waals surface area contributed by atoms with Gasteiger partial charge in [0.2, 0.25) is 0 Å². The van der Waals surface area contributed by atoms with Crippen molar-refractivity contribution < 1.29 is 9.47 Å². The molecule has 0 amide bonds. The highest BCUT2D eigenvalue weighted by atomic mass is 16.7. The highest BCUT2D eigenvalue weighted by Crippen LogP contribution is 2.34. The van der Waals surface area contributed by atoms with E-state index in [9.17, 15) is 0 Å². The van der Waals surface area contributed by atoms with Crippen molar-refractivity contribution in [1.29, 1.82) is 0 Å². The van der Waals surface area contributed by atoms with Gasteiger partial charge in [0.1, 0.15) is 0 Å². The van der Waals surface area contributed by atoms with E-state index in [2.05, 4.69) is 26.0 Å². The second kappa shape index (κ2) is 6.97. The standard InChI is InChI=1S/C15H26O2/c1-5-16-14(17-6-2)8-7-13-9-11-15(3,4)12-10-13/h7-9,14H,5-6,10-12H2,1-4H3/b8-7+. The van der Waals surface area contributed by atoms with Crippen LogP contribution < -0.4 is 0 Å². The molecule has 1 rings (SSSR count). The fourth-order valence-corrected chi connectivity index (χ4v) is 1.94. The molecule has 17 heavy (non-hydrogen) atoms. The van der Waals surface area contributed by atoms with Crippen molar-refractivity contribution in [3.05, 3.63) is 23.8 Å². The fourth-order valence-electron chi connectivity index (χ4n) is 1.94. The smallest absolute Gasteiger partial charge is 0.177 e. The van der Waals surface area contributed by atoms with E-state index in [0.29, 0.717) is 18.6 Å². The number of hydrogen-bond acceptors (Lipinski definition) is 2. The molecule has 0 saturated heterocycles. The highest BCUT2D eigenvalue weighted by molar-refractivity contribution is 5.22. The molecule has 0 spiro atoms. The summed E-state index contributed by atoms with van der Waals surface area (Å²) in [5.41, 5.74) is 1.88. The molecule has 0 aromatic carbocycles. The Morgan fingerprint density at radius 3 is 2.41 bits per heavy atom. The predicted molar refractivity (Wildman–Crippen MR) is 71.9 cm³/mol. The molecule has 0 unspecified atom stereocenters. The summed E-state index contributed by atoms with van der Waals surface area (Å²) in [6.07, 6.45) is 9.92. The van der Waals surface area contributed by atoms with Crippen molar-refractivity contribution in [2.75, 3.05) is 13.2 Å². The molecule has 0 aromatic rings. The minimum atomic E-state index is -0.194. The second-order valence-electron chi connectivity index (χ2n) is 5.29. The van der Waals surface area contributed by atoms with Gasteiger partial charge in [0.05, 0.1) is 0 Å². The minimum absolute atomic E-state index is 0.194. The summed E-state index contributed by atoms with van der Waals surface area (Å²) >= 11 is 0. The zero-order valence-corrected chi connectivity index (χ0v) is 11.7. The average molecular weight is 238 g/mol. The van der Waals surface area contributed by atoms with Gasteiger partial charge in [0.25, 0.3) is 0 Å². The normalized spacial score (nSPS) is 19.9. The molecule has 0 fully saturated rings. The molecule has 2 nitrogen and oxygen atoms in total. The van der Waals surface area contributed by atoms with Gasteiger partial charge in [-0.05, 0) is 44.6 Å². The summed E-state index contributed by atoms with van der Waals surface area (Å²) in [5, 5.41) is 0. The van der Waals surface area contributed by atoms with Gasteiger partial charge >= 0.3 is 0 Å². The number of rotatable bonds is 6. The third kappa shape index (κ3) is 5.51. The molecular weight excluding hydrogens is 212 g/mol. The molecule has 98 valence electrons. The molecule has 0 atom stereocenters. The summed E-state index contributed by atoms with van der Waals surface area (Å²) in [6, 6.07) is 0. The van der Waals surface area contributed by atoms with E-state index in [1.165, 1.54) is 18.4 Å². The number of ether oxygens (including phenoxy) is 2. The fraction of sp³-hybridized carbons (Fsp3) is 0.733. The second-order valence-corrected chi connectivity index (χ2v) is 5.29. The van der Waals surface area contributed by atoms with Gasteiger partial charge < -0.3 is 9.47 Å². The molecule has 0 aromatic heterocycles. The molecule has 0 heterocycles. The first-order valence-corrected chi connectivity index (χ1v) is 6.68. The third-order valence-corrected chi connectivity index (χ3v) is 3.14. The van der Waals surface area contributed by atoms with Gasteiger partial charge in [0.15, 0.2) is 6.29 Å². The molecule has 0 saturated carbocycles. The molecule has 0 aliphatic heterocycles. The Bertz CT molecular complexity index is 271. The van der Waals surface area contributed by atoms with Gasteiger partial charge in [-0.2, -0.15) is 0 Å². The summed E-state index contributed by atoms with van der Waals surface area (Å²) in [5.74, 6) is 0. The van der Waals surface area contributed by atoms with Crippen LogP contribution in [0.3, 0.4) is 0 Å². The molecule has 1 aliphatic rings. The van der Waals surface area contributed by atoms with Crippen LogP contribution in [0.4, 0.5) is 0 Å². The summed E-state index contributed by atoms with van der Waals surface area (Å²) in [6.45, 7) is 9.99. The largest absolute Gasteiger partial charge is 0.349 e. The summed E-state index contributed by atoms with van der Waals surface area (Å²) < 4.78 is 11.0. The van der Waals surface area contributed by atoms with Gasteiger partial charge in [-0.25, -0.2) is 0 Å². The maximum Gasteiger partial charge on any atom is 0.177 e. The van der Waals surface area contributed by atoms with Crippen LogP contribution in [0, 0.1) is 5.41 Å². The van der Waals surface area contributed by atoms with Gasteiger partial charge in [-0.1, -0.05) is 31.6 Å². The number of allylic oxidation sites excluding steroid dienone is 3. The lowest BCUT2D eigenvalue weighted by atomic mass is 9.78. The molecule has 2 heteroatoms. The first-order valence-electron chi connectivity index (χ1n) is 6.68. The first-order chi connectivity index (χ1) is 8.07. The highest BCUT2D eigenvalue weighted by Gasteiger charge is 2.20. The Labute approximate surface area is 106 Å². The van der Waals surface area contributed by atoms with E-state index < -0.39 is 0 Å². The Morgan fingerprint density at radius 1 is 1.29 bits per heavy atom. The van der Waals surface area contributed by atoms with Crippen LogP contribution in [0.1, 0.15) is 47.0 Å². The van der Waals surface area contributed by atoms with E-state index in [1.54, 1.807) is 0 Å². The van der Waals surface area contributed by atoms with Gasteiger partial charge in [-0.15, -0.1) is 0 Å². The average Bonchev–Trinajstić information content (AvgIpc) is 2.28. The van der Waals surface area contributed by atoms with Crippen molar-refractivity contribution >= 4 is 0 Å². The van der Waals surface area contributed by atoms with Crippen molar-refractivity contribution in [3.8, 4) is 0 Å². The summed E-state index contributed by atoms with van der Waals surface area (Å²) in [7, 11) is 0. The molecular formula is C15H26O2. The topological polar surface area (TPSA) is 18.5 Å². The van der Waals surface area contributed by atoms with Crippen LogP contribution in [-0.4, -0.2) is 19.5 Å². The van der Waals surface area contributed by atoms with Crippen LogP contribution in [-0.2, 0) is 9.47 Å². The van der Waals surface area contributed by atoms with Gasteiger partial charge in [-0.3, -0.25) is 0 Å². The quantitative estimate of drug-likeness (QED) is 0.649. The van der Waals surface area contributed by atoms with Crippen LogP contribution in [0.2, 0.25) is 0 Å². The zero-order chi connectivity index (χ0) is 12.7. The van der Waals surface area contributed by atoms with Gasteiger partial charge in [0, 0.05) is 13.2 Å². The van der Waals surface area contributed by atoms with Crippen molar-refractivity contribution in [2.24, 2.45) is 5.41 Å². The number of hydrogen-bond donors (Lipinski definition) is 0. The van der Waals surface area contributed by atoms with Crippen LogP contribution >= 0.6 is 0 Å². The Balaban J connectivity index is 2.49. The lowest BCUT2D eigenvalue weighted by Crippen LogP contribution is -2.15. The predicted octanol–water partition coefficient (Wildman–Crippen LogP) is 4.08. The summed E-state index contributed by atoms with van der Waals surface area (Å²) in [4.78, 5) is 0. The lowest BCUT2D eigenvalue weighted by Gasteiger charge is -2.27. The van der Waals surface area contributed by atoms with Crippen LogP contribution in [0.5, 0.6) is 0 Å². The van der Waals surface area contributed by atoms with Crippen LogP contribution in [0.25, 0.3) is 0 Å². The maximum atomic E-state index is 5.48. The molecule has 0 bridgehead atoms. The SMILES string of the molecule is CCOC(/C=C/C1=CCC(C)(C)CC1)OCC. The van der Waals surface area contributed by atoms with Crippen molar-refractivity contribution in [2.45, 2.75) is 53.2 Å². The molecule has 0 N–H and O–H groups in total. The van der Waals surface area contributed by atoms with E-state index >= 15 is 0 Å². The van der Waals surface area contributed by atoms with E-state index in [4.69, 9.17) is 9.47 Å². The van der Waals surface area contributed by atoms with E-state index in [1.807, 2.05) is 19.9 Å². The minimum Gasteiger partial charge on any atom is -0.349 e. The lowest BCUT2D eigenvalue weighted by molar-refractivity contribution is -0.103. The van der Waals surface area contributed by atoms with E-state index in [0.717, 1.165) is 6.42 Å². The van der Waals surface area contributed by atoms with E-state index in [-0.39, 0.29) is 6.29 Å². The monoisotopic (exact) mass is 238 g/mol. The first kappa shape index (κ1) is 14.5. The Morgan fingerprint density at radius 2 is 1.94 bits per heavy atom. The maximum absolute atomic E-state index is 5.48. The van der Waals surface area contributed by atoms with Crippen LogP contribution in [0.15, 0.2) is 23.8 Å². The third-order valence-electron chi connectivity index (χ3n) is 3.14. The Kier molecular flexibility index (Phi) is 5.93. The Hall–Kier alpha value is -0.600. The molecule has 1 aliphatic carbocycles. The molecule has 0 radical (unpaired) electrons. The van der Waals surface area contributed by atoms with Crippen molar-refractivity contribution in [1.82, 2.24) is 0 Å². The zero-order valence-electron chi connectivity index (χ0n) is 11.7.